The van der Waals surface area contributed by atoms with Crippen LogP contribution in [0.5, 0.6) is 0 Å². The quantitative estimate of drug-likeness (QED) is 0.524. The summed E-state index contributed by atoms with van der Waals surface area (Å²) in [6, 6.07) is 0. The summed E-state index contributed by atoms with van der Waals surface area (Å²) in [4.78, 5) is 15.2. The van der Waals surface area contributed by atoms with Gasteiger partial charge >= 0.3 is 0 Å². The van der Waals surface area contributed by atoms with E-state index in [1.54, 1.807) is 13.8 Å². The SMILES string of the molecule is CONC(=O)C(C)(C)Br. The second kappa shape index (κ2) is 3.17. The number of rotatable bonds is 2. The number of nitrogens with one attached hydrogen (secondary N) is 1. The maximum Gasteiger partial charge on any atom is 0.259 e. The summed E-state index contributed by atoms with van der Waals surface area (Å²) in [5.41, 5.74) is 2.20. The lowest BCUT2D eigenvalue weighted by atomic mass is 10.2. The van der Waals surface area contributed by atoms with Gasteiger partial charge in [0, 0.05) is 0 Å². The Hall–Kier alpha value is -0.0900. The Bertz CT molecular complexity index is 108. The molecule has 0 aliphatic carbocycles. The van der Waals surface area contributed by atoms with Crippen molar-refractivity contribution in [3.63, 3.8) is 0 Å². The van der Waals surface area contributed by atoms with E-state index in [1.807, 2.05) is 0 Å². The molecule has 0 radical (unpaired) electrons. The van der Waals surface area contributed by atoms with Gasteiger partial charge in [0.2, 0.25) is 0 Å². The fourth-order valence-corrected chi connectivity index (χ4v) is 0.295. The zero-order valence-electron chi connectivity index (χ0n) is 5.69. The lowest BCUT2D eigenvalue weighted by Gasteiger charge is -2.13. The molecule has 4 heteroatoms. The Balaban J connectivity index is 3.74. The number of hydroxylamine groups is 1. The van der Waals surface area contributed by atoms with E-state index in [-0.39, 0.29) is 5.91 Å². The third-order valence-corrected chi connectivity index (χ3v) is 1.09. The lowest BCUT2D eigenvalue weighted by molar-refractivity contribution is -0.132. The highest BCUT2D eigenvalue weighted by molar-refractivity contribution is 9.10. The van der Waals surface area contributed by atoms with E-state index in [1.165, 1.54) is 7.11 Å². The number of alkyl halides is 1. The molecule has 0 aromatic rings. The zero-order chi connectivity index (χ0) is 7.49. The van der Waals surface area contributed by atoms with Crippen molar-refractivity contribution in [3.8, 4) is 0 Å². The fourth-order valence-electron chi connectivity index (χ4n) is 0.214. The maximum atomic E-state index is 10.8. The predicted molar refractivity (Wildman–Crippen MR) is 38.2 cm³/mol. The van der Waals surface area contributed by atoms with Crippen LogP contribution in [0.15, 0.2) is 0 Å². The molecular weight excluding hydrogens is 186 g/mol. The van der Waals surface area contributed by atoms with E-state index in [9.17, 15) is 4.79 Å². The maximum absolute atomic E-state index is 10.8. The summed E-state index contributed by atoms with van der Waals surface area (Å²) in [7, 11) is 1.40. The van der Waals surface area contributed by atoms with Crippen molar-refractivity contribution >= 4 is 21.8 Å². The molecule has 0 aliphatic heterocycles. The molecule has 3 nitrogen and oxygen atoms in total. The van der Waals surface area contributed by atoms with Gasteiger partial charge in [-0.3, -0.25) is 9.63 Å². The first-order valence-corrected chi connectivity index (χ1v) is 3.30. The lowest BCUT2D eigenvalue weighted by Crippen LogP contribution is -2.36. The average molecular weight is 196 g/mol. The van der Waals surface area contributed by atoms with Crippen LogP contribution in [0.4, 0.5) is 0 Å². The van der Waals surface area contributed by atoms with Gasteiger partial charge in [0.25, 0.3) is 5.91 Å². The first-order chi connectivity index (χ1) is 3.98. The summed E-state index contributed by atoms with van der Waals surface area (Å²) in [5, 5.41) is 0. The minimum Gasteiger partial charge on any atom is -0.277 e. The summed E-state index contributed by atoms with van der Waals surface area (Å²) in [5.74, 6) is -0.190. The van der Waals surface area contributed by atoms with Gasteiger partial charge < -0.3 is 0 Å². The van der Waals surface area contributed by atoms with Crippen LogP contribution < -0.4 is 5.48 Å². The molecule has 54 valence electrons. The van der Waals surface area contributed by atoms with Crippen molar-refractivity contribution in [2.45, 2.75) is 18.2 Å². The first-order valence-electron chi connectivity index (χ1n) is 2.51. The zero-order valence-corrected chi connectivity index (χ0v) is 7.28. The Morgan fingerprint density at radius 2 is 2.11 bits per heavy atom. The summed E-state index contributed by atoms with van der Waals surface area (Å²) >= 11 is 3.15. The van der Waals surface area contributed by atoms with E-state index in [4.69, 9.17) is 0 Å². The molecule has 0 spiro atoms. The minimum absolute atomic E-state index is 0.190. The number of carbonyl (C=O) groups excluding carboxylic acids is 1. The highest BCUT2D eigenvalue weighted by atomic mass is 79.9. The van der Waals surface area contributed by atoms with Crippen molar-refractivity contribution in [1.29, 1.82) is 0 Å². The number of hydrogen-bond acceptors (Lipinski definition) is 2. The molecule has 0 aromatic carbocycles. The van der Waals surface area contributed by atoms with Crippen LogP contribution in [-0.4, -0.2) is 17.3 Å². The predicted octanol–water partition coefficient (Wildman–Crippen LogP) is 0.837. The van der Waals surface area contributed by atoms with E-state index in [0.29, 0.717) is 0 Å². The molecule has 0 unspecified atom stereocenters. The standard InChI is InChI=1S/C5H10BrNO2/c1-5(2,6)4(8)7-9-3/h1-3H3,(H,7,8). The van der Waals surface area contributed by atoms with Gasteiger partial charge in [0.05, 0.1) is 7.11 Å². The molecule has 0 atom stereocenters. The van der Waals surface area contributed by atoms with E-state index < -0.39 is 4.32 Å². The van der Waals surface area contributed by atoms with E-state index in [2.05, 4.69) is 26.2 Å². The van der Waals surface area contributed by atoms with Crippen molar-refractivity contribution < 1.29 is 9.63 Å². The van der Waals surface area contributed by atoms with Gasteiger partial charge in [-0.1, -0.05) is 15.9 Å². The van der Waals surface area contributed by atoms with Crippen LogP contribution in [0, 0.1) is 0 Å². The highest BCUT2D eigenvalue weighted by Crippen LogP contribution is 2.14. The Morgan fingerprint density at radius 1 is 1.67 bits per heavy atom. The first kappa shape index (κ1) is 8.91. The van der Waals surface area contributed by atoms with Crippen molar-refractivity contribution in [2.24, 2.45) is 0 Å². The third kappa shape index (κ3) is 3.48. The van der Waals surface area contributed by atoms with Crippen LogP contribution in [0.1, 0.15) is 13.8 Å². The van der Waals surface area contributed by atoms with Crippen LogP contribution in [-0.2, 0) is 9.63 Å². The minimum atomic E-state index is -0.553. The fraction of sp³-hybridized carbons (Fsp3) is 0.800. The Morgan fingerprint density at radius 3 is 2.22 bits per heavy atom. The van der Waals surface area contributed by atoms with E-state index >= 15 is 0 Å². The molecular formula is C5H10BrNO2. The van der Waals surface area contributed by atoms with Crippen LogP contribution >= 0.6 is 15.9 Å². The van der Waals surface area contributed by atoms with Crippen LogP contribution in [0.2, 0.25) is 0 Å². The van der Waals surface area contributed by atoms with Crippen molar-refractivity contribution in [3.05, 3.63) is 0 Å². The van der Waals surface area contributed by atoms with Crippen LogP contribution in [0.3, 0.4) is 0 Å². The molecule has 0 saturated heterocycles. The number of hydrogen-bond donors (Lipinski definition) is 1. The van der Waals surface area contributed by atoms with Gasteiger partial charge in [-0.15, -0.1) is 0 Å². The number of carbonyl (C=O) groups is 1. The number of halogens is 1. The molecule has 0 rings (SSSR count). The van der Waals surface area contributed by atoms with Crippen molar-refractivity contribution in [2.75, 3.05) is 7.11 Å². The molecule has 0 aliphatic rings. The second-order valence-electron chi connectivity index (χ2n) is 2.11. The largest absolute Gasteiger partial charge is 0.277 e. The summed E-state index contributed by atoms with van der Waals surface area (Å²) < 4.78 is -0.553. The topological polar surface area (TPSA) is 38.3 Å². The normalized spacial score (nSPS) is 11.1. The van der Waals surface area contributed by atoms with Crippen molar-refractivity contribution in [1.82, 2.24) is 5.48 Å². The van der Waals surface area contributed by atoms with Gasteiger partial charge in [0.15, 0.2) is 0 Å². The molecule has 9 heavy (non-hydrogen) atoms. The second-order valence-corrected chi connectivity index (χ2v) is 4.09. The Kier molecular flexibility index (Phi) is 3.14. The van der Waals surface area contributed by atoms with Gasteiger partial charge in [0.1, 0.15) is 4.32 Å². The molecule has 0 aromatic heterocycles. The highest BCUT2D eigenvalue weighted by Gasteiger charge is 2.22. The number of amides is 1. The molecule has 1 N–H and O–H groups in total. The molecule has 0 bridgehead atoms. The van der Waals surface area contributed by atoms with Gasteiger partial charge in [-0.25, -0.2) is 5.48 Å². The molecule has 1 amide bonds. The summed E-state index contributed by atoms with van der Waals surface area (Å²) in [6.07, 6.45) is 0. The molecule has 0 heterocycles. The third-order valence-electron chi connectivity index (χ3n) is 0.735. The smallest absolute Gasteiger partial charge is 0.259 e. The van der Waals surface area contributed by atoms with Gasteiger partial charge in [-0.2, -0.15) is 0 Å². The average Bonchev–Trinajstić information content (AvgIpc) is 1.64. The van der Waals surface area contributed by atoms with Crippen LogP contribution in [0.25, 0.3) is 0 Å². The van der Waals surface area contributed by atoms with Gasteiger partial charge in [-0.05, 0) is 13.8 Å². The molecule has 0 saturated carbocycles. The summed E-state index contributed by atoms with van der Waals surface area (Å²) in [6.45, 7) is 3.47. The van der Waals surface area contributed by atoms with E-state index in [0.717, 1.165) is 0 Å². The monoisotopic (exact) mass is 195 g/mol. The molecule has 0 fully saturated rings. The Labute approximate surface area is 62.8 Å².